The second-order valence-electron chi connectivity index (χ2n) is 8.36. The largest absolute Gasteiger partial charge is 0.490 e. The summed E-state index contributed by atoms with van der Waals surface area (Å²) in [5.74, 6) is -0.109. The molecule has 1 aromatic heterocycles. The van der Waals surface area contributed by atoms with Crippen molar-refractivity contribution in [3.63, 3.8) is 0 Å². The van der Waals surface area contributed by atoms with Gasteiger partial charge in [0.15, 0.2) is 17.2 Å². The van der Waals surface area contributed by atoms with Crippen LogP contribution in [0.15, 0.2) is 77.4 Å². The van der Waals surface area contributed by atoms with Crippen molar-refractivity contribution in [1.82, 2.24) is 0 Å². The van der Waals surface area contributed by atoms with Gasteiger partial charge in [-0.1, -0.05) is 60.1 Å². The van der Waals surface area contributed by atoms with Gasteiger partial charge in [-0.2, -0.15) is 0 Å². The topological polar surface area (TPSA) is 74.2 Å². The summed E-state index contributed by atoms with van der Waals surface area (Å²) in [7, 11) is 0. The minimum Gasteiger partial charge on any atom is -0.490 e. The van der Waals surface area contributed by atoms with E-state index < -0.39 is 11.9 Å². The molecule has 186 valence electrons. The molecule has 8 heteroatoms. The Morgan fingerprint density at radius 3 is 2.68 bits per heavy atom. The van der Waals surface area contributed by atoms with E-state index in [1.54, 1.807) is 24.3 Å². The van der Waals surface area contributed by atoms with Gasteiger partial charge in [0.1, 0.15) is 4.88 Å². The van der Waals surface area contributed by atoms with Crippen molar-refractivity contribution in [3.05, 3.63) is 99.0 Å². The molecule has 0 amide bonds. The van der Waals surface area contributed by atoms with Gasteiger partial charge in [0.05, 0.1) is 18.1 Å². The predicted molar refractivity (Wildman–Crippen MR) is 146 cm³/mol. The molecule has 5 rings (SSSR count). The van der Waals surface area contributed by atoms with Crippen LogP contribution >= 0.6 is 22.9 Å². The molecule has 0 aliphatic carbocycles. The Hall–Kier alpha value is -3.94. The van der Waals surface area contributed by atoms with Crippen molar-refractivity contribution >= 4 is 56.9 Å². The molecule has 0 bridgehead atoms. The molecule has 0 unspecified atom stereocenters. The molecule has 1 aliphatic heterocycles. The molecule has 0 saturated carbocycles. The van der Waals surface area contributed by atoms with E-state index in [4.69, 9.17) is 25.8 Å². The normalized spacial score (nSPS) is 14.1. The highest BCUT2D eigenvalue weighted by Gasteiger charge is 2.28. The molecule has 6 nitrogen and oxygen atoms in total. The minimum atomic E-state index is -0.573. The number of hydrogen-bond donors (Lipinski definition) is 0. The summed E-state index contributed by atoms with van der Waals surface area (Å²) in [6.07, 6.45) is 1.74. The van der Waals surface area contributed by atoms with Crippen LogP contribution in [0.1, 0.15) is 28.5 Å². The third-order valence-corrected chi connectivity index (χ3v) is 7.23. The fourth-order valence-electron chi connectivity index (χ4n) is 3.86. The van der Waals surface area contributed by atoms with Crippen molar-refractivity contribution in [3.8, 4) is 11.5 Å². The maximum absolute atomic E-state index is 12.6. The van der Waals surface area contributed by atoms with Gasteiger partial charge in [0.25, 0.3) is 0 Å². The maximum atomic E-state index is 12.6. The average Bonchev–Trinajstić information content (AvgIpc) is 3.40. The zero-order valence-corrected chi connectivity index (χ0v) is 21.7. The minimum absolute atomic E-state index is 0.135. The number of fused-ring (bicyclic) bond motifs is 1. The lowest BCUT2D eigenvalue weighted by Crippen LogP contribution is -2.12. The predicted octanol–water partition coefficient (Wildman–Crippen LogP) is 6.75. The molecule has 0 fully saturated rings. The Morgan fingerprint density at radius 1 is 1.08 bits per heavy atom. The summed E-state index contributed by atoms with van der Waals surface area (Å²) in [5.41, 5.74) is 2.74. The molecule has 1 aliphatic rings. The molecule has 2 heterocycles. The first-order valence-electron chi connectivity index (χ1n) is 11.6. The van der Waals surface area contributed by atoms with Crippen LogP contribution in [0.3, 0.4) is 0 Å². The number of rotatable bonds is 7. The lowest BCUT2D eigenvalue weighted by atomic mass is 10.1. The van der Waals surface area contributed by atoms with Gasteiger partial charge < -0.3 is 14.2 Å². The van der Waals surface area contributed by atoms with Crippen LogP contribution in [0.5, 0.6) is 11.5 Å². The summed E-state index contributed by atoms with van der Waals surface area (Å²) in [5, 5.41) is 1.40. The third-order valence-electron chi connectivity index (χ3n) is 5.59. The first-order chi connectivity index (χ1) is 17.9. The number of aryl methyl sites for hydroxylation is 1. The fourth-order valence-corrected chi connectivity index (χ4v) is 5.40. The van der Waals surface area contributed by atoms with Crippen molar-refractivity contribution in [2.24, 2.45) is 4.99 Å². The standard InChI is InChI=1S/C29H22ClNO5S/c1-3-34-23-15-19(10-12-22(23)35-25(32)16-18-7-5-4-6-8-18)14-21-29(33)36-28(31-21)27-26(30)20-11-9-17(2)13-24(20)37-27/h4-15H,3,16H2,1-2H3/b21-14+. The van der Waals surface area contributed by atoms with Gasteiger partial charge in [-0.3, -0.25) is 4.79 Å². The number of benzene rings is 3. The van der Waals surface area contributed by atoms with Gasteiger partial charge in [-0.05, 0) is 54.8 Å². The number of carbonyl (C=O) groups excluding carboxylic acids is 2. The number of ether oxygens (including phenoxy) is 3. The maximum Gasteiger partial charge on any atom is 0.363 e. The quantitative estimate of drug-likeness (QED) is 0.150. The fraction of sp³-hybridized carbons (Fsp3) is 0.138. The SMILES string of the molecule is CCOc1cc(/C=C2/N=C(c3sc4cc(C)ccc4c3Cl)OC2=O)ccc1OC(=O)Cc1ccccc1. The second kappa shape index (κ2) is 10.6. The van der Waals surface area contributed by atoms with Crippen LogP contribution < -0.4 is 9.47 Å². The first kappa shape index (κ1) is 24.7. The van der Waals surface area contributed by atoms with E-state index in [9.17, 15) is 9.59 Å². The summed E-state index contributed by atoms with van der Waals surface area (Å²) < 4.78 is 17.7. The first-order valence-corrected chi connectivity index (χ1v) is 12.8. The molecule has 0 spiro atoms. The lowest BCUT2D eigenvalue weighted by Gasteiger charge is -2.11. The van der Waals surface area contributed by atoms with E-state index in [1.807, 2.05) is 62.4 Å². The summed E-state index contributed by atoms with van der Waals surface area (Å²) in [6.45, 7) is 4.21. The van der Waals surface area contributed by atoms with E-state index >= 15 is 0 Å². The Labute approximate surface area is 222 Å². The summed E-state index contributed by atoms with van der Waals surface area (Å²) in [6, 6.07) is 20.4. The van der Waals surface area contributed by atoms with Crippen molar-refractivity contribution in [2.45, 2.75) is 20.3 Å². The van der Waals surface area contributed by atoms with Gasteiger partial charge >= 0.3 is 11.9 Å². The number of nitrogens with zero attached hydrogens (tertiary/aromatic N) is 1. The summed E-state index contributed by atoms with van der Waals surface area (Å²) >= 11 is 8.00. The highest BCUT2D eigenvalue weighted by atomic mass is 35.5. The van der Waals surface area contributed by atoms with Crippen LogP contribution in [0, 0.1) is 6.92 Å². The van der Waals surface area contributed by atoms with Crippen LogP contribution in [-0.2, 0) is 20.7 Å². The number of hydrogen-bond acceptors (Lipinski definition) is 7. The molecule has 4 aromatic rings. The van der Waals surface area contributed by atoms with E-state index in [0.717, 1.165) is 21.2 Å². The number of halogens is 1. The van der Waals surface area contributed by atoms with Crippen molar-refractivity contribution in [2.75, 3.05) is 6.61 Å². The van der Waals surface area contributed by atoms with Crippen molar-refractivity contribution < 1.29 is 23.8 Å². The Kier molecular flexibility index (Phi) is 7.08. The number of esters is 2. The molecule has 3 aromatic carbocycles. The van der Waals surface area contributed by atoms with Gasteiger partial charge in [-0.25, -0.2) is 9.79 Å². The molecule has 0 saturated heterocycles. The lowest BCUT2D eigenvalue weighted by molar-refractivity contribution is -0.133. The van der Waals surface area contributed by atoms with Crippen LogP contribution in [0.2, 0.25) is 5.02 Å². The highest BCUT2D eigenvalue weighted by molar-refractivity contribution is 7.21. The molecular weight excluding hydrogens is 510 g/mol. The van der Waals surface area contributed by atoms with Crippen LogP contribution in [0.25, 0.3) is 16.2 Å². The van der Waals surface area contributed by atoms with E-state index in [2.05, 4.69) is 4.99 Å². The summed E-state index contributed by atoms with van der Waals surface area (Å²) in [4.78, 5) is 30.1. The van der Waals surface area contributed by atoms with E-state index in [-0.39, 0.29) is 18.0 Å². The highest BCUT2D eigenvalue weighted by Crippen LogP contribution is 2.38. The van der Waals surface area contributed by atoms with E-state index in [1.165, 1.54) is 11.3 Å². The zero-order chi connectivity index (χ0) is 25.9. The van der Waals surface area contributed by atoms with Gasteiger partial charge in [-0.15, -0.1) is 11.3 Å². The van der Waals surface area contributed by atoms with Crippen LogP contribution in [-0.4, -0.2) is 24.4 Å². The third kappa shape index (κ3) is 5.43. The monoisotopic (exact) mass is 531 g/mol. The zero-order valence-electron chi connectivity index (χ0n) is 20.1. The smallest absolute Gasteiger partial charge is 0.363 e. The van der Waals surface area contributed by atoms with Crippen molar-refractivity contribution in [1.29, 1.82) is 0 Å². The van der Waals surface area contributed by atoms with Gasteiger partial charge in [0.2, 0.25) is 5.90 Å². The number of cyclic esters (lactones) is 1. The van der Waals surface area contributed by atoms with Gasteiger partial charge in [0, 0.05) is 10.1 Å². The number of thiophene rings is 1. The second-order valence-corrected chi connectivity index (χ2v) is 9.79. The molecule has 0 atom stereocenters. The Balaban J connectivity index is 1.39. The van der Waals surface area contributed by atoms with Crippen LogP contribution in [0.4, 0.5) is 0 Å². The number of aliphatic imine (C=N–C) groups is 1. The number of carbonyl (C=O) groups is 2. The molecule has 0 N–H and O–H groups in total. The average molecular weight is 532 g/mol. The molecular formula is C29H22ClNO5S. The Morgan fingerprint density at radius 2 is 1.89 bits per heavy atom. The molecule has 37 heavy (non-hydrogen) atoms. The molecule has 0 radical (unpaired) electrons. The van der Waals surface area contributed by atoms with E-state index in [0.29, 0.717) is 33.6 Å². The Bertz CT molecular complexity index is 1570.